The van der Waals surface area contributed by atoms with Gasteiger partial charge in [0.05, 0.1) is 0 Å². The van der Waals surface area contributed by atoms with Crippen LogP contribution in [0.1, 0.15) is 6.92 Å². The number of hydrogen-bond donors (Lipinski definition) is 3. The number of aromatic nitrogens is 1. The van der Waals surface area contributed by atoms with Crippen molar-refractivity contribution in [2.24, 2.45) is 5.84 Å². The number of rotatable bonds is 5. The molecular weight excluding hydrogens is 228 g/mol. The fourth-order valence-electron chi connectivity index (χ4n) is 1.12. The Hall–Kier alpha value is -1.47. The van der Waals surface area contributed by atoms with Crippen LogP contribution in [-0.2, 0) is 0 Å². The molecule has 1 aromatic heterocycles. The Bertz CT molecular complexity index is 383. The van der Waals surface area contributed by atoms with Crippen LogP contribution in [0.25, 0.3) is 0 Å². The van der Waals surface area contributed by atoms with E-state index in [2.05, 4.69) is 15.7 Å². The Morgan fingerprint density at radius 1 is 1.35 bits per heavy atom. The monoisotopic (exact) mass is 245 g/mol. The van der Waals surface area contributed by atoms with Gasteiger partial charge >= 0.3 is 0 Å². The van der Waals surface area contributed by atoms with Crippen LogP contribution in [-0.4, -0.2) is 36.6 Å². The Balaban J connectivity index is 2.77. The maximum Gasteiger partial charge on any atom is 0.178 e. The molecule has 1 heterocycles. The van der Waals surface area contributed by atoms with Gasteiger partial charge in [0.15, 0.2) is 23.3 Å². The Labute approximate surface area is 99.0 Å². The van der Waals surface area contributed by atoms with Gasteiger partial charge in [-0.3, -0.25) is 0 Å². The van der Waals surface area contributed by atoms with Crippen molar-refractivity contribution in [3.05, 3.63) is 17.7 Å². The topological polar surface area (TPSA) is 66.2 Å². The van der Waals surface area contributed by atoms with Crippen molar-refractivity contribution in [1.82, 2.24) is 9.88 Å². The number of nitrogens with zero attached hydrogens (tertiary/aromatic N) is 2. The average molecular weight is 245 g/mol. The molecule has 0 fully saturated rings. The van der Waals surface area contributed by atoms with Gasteiger partial charge in [-0.05, 0) is 21.0 Å². The normalized spacial score (nSPS) is 12.6. The zero-order chi connectivity index (χ0) is 13.0. The smallest absolute Gasteiger partial charge is 0.178 e. The van der Waals surface area contributed by atoms with E-state index in [0.29, 0.717) is 6.54 Å². The molecule has 1 atom stereocenters. The molecule has 0 amide bonds. The van der Waals surface area contributed by atoms with Crippen LogP contribution in [0.2, 0.25) is 0 Å². The van der Waals surface area contributed by atoms with E-state index in [9.17, 15) is 8.78 Å². The van der Waals surface area contributed by atoms with Gasteiger partial charge in [-0.2, -0.15) is 0 Å². The van der Waals surface area contributed by atoms with E-state index in [-0.39, 0.29) is 17.7 Å². The van der Waals surface area contributed by atoms with Gasteiger partial charge in [0, 0.05) is 18.7 Å². The molecule has 1 aromatic rings. The van der Waals surface area contributed by atoms with Crippen molar-refractivity contribution in [3.63, 3.8) is 0 Å². The van der Waals surface area contributed by atoms with Gasteiger partial charge in [-0.1, -0.05) is 0 Å². The predicted molar refractivity (Wildman–Crippen MR) is 63.6 cm³/mol. The fraction of sp³-hybridized carbons (Fsp3) is 0.500. The highest BCUT2D eigenvalue weighted by Gasteiger charge is 2.12. The van der Waals surface area contributed by atoms with Crippen molar-refractivity contribution < 1.29 is 8.78 Å². The minimum absolute atomic E-state index is 0.0203. The third-order valence-corrected chi connectivity index (χ3v) is 2.51. The van der Waals surface area contributed by atoms with E-state index in [0.717, 1.165) is 6.07 Å². The maximum absolute atomic E-state index is 13.4. The van der Waals surface area contributed by atoms with Gasteiger partial charge < -0.3 is 15.6 Å². The maximum atomic E-state index is 13.4. The molecule has 0 aliphatic rings. The van der Waals surface area contributed by atoms with E-state index in [4.69, 9.17) is 5.84 Å². The minimum Gasteiger partial charge on any atom is -0.366 e. The van der Waals surface area contributed by atoms with Crippen molar-refractivity contribution >= 4 is 11.6 Å². The molecule has 1 rings (SSSR count). The number of hydrogen-bond acceptors (Lipinski definition) is 5. The lowest BCUT2D eigenvalue weighted by Gasteiger charge is -2.20. The van der Waals surface area contributed by atoms with Crippen LogP contribution >= 0.6 is 0 Å². The van der Waals surface area contributed by atoms with Crippen LogP contribution in [0, 0.1) is 11.6 Å². The highest BCUT2D eigenvalue weighted by atomic mass is 19.1. The average Bonchev–Trinajstić information content (AvgIpc) is 2.27. The zero-order valence-corrected chi connectivity index (χ0v) is 10.1. The summed E-state index contributed by atoms with van der Waals surface area (Å²) in [6.45, 7) is 2.46. The first kappa shape index (κ1) is 13.6. The summed E-state index contributed by atoms with van der Waals surface area (Å²) < 4.78 is 26.4. The summed E-state index contributed by atoms with van der Waals surface area (Å²) in [5, 5.41) is 2.81. The summed E-state index contributed by atoms with van der Waals surface area (Å²) in [5.74, 6) is 3.29. The molecule has 7 heteroatoms. The molecule has 17 heavy (non-hydrogen) atoms. The number of hydrazine groups is 1. The quantitative estimate of drug-likeness (QED) is 0.533. The van der Waals surface area contributed by atoms with Crippen LogP contribution in [0.4, 0.5) is 20.4 Å². The first-order valence-corrected chi connectivity index (χ1v) is 5.18. The highest BCUT2D eigenvalue weighted by Crippen LogP contribution is 2.18. The van der Waals surface area contributed by atoms with Crippen molar-refractivity contribution in [2.75, 3.05) is 31.4 Å². The fourth-order valence-corrected chi connectivity index (χ4v) is 1.12. The van der Waals surface area contributed by atoms with E-state index in [1.165, 1.54) is 0 Å². The number of anilines is 2. The summed E-state index contributed by atoms with van der Waals surface area (Å²) >= 11 is 0. The van der Waals surface area contributed by atoms with Crippen LogP contribution in [0.15, 0.2) is 6.07 Å². The van der Waals surface area contributed by atoms with Gasteiger partial charge in [-0.25, -0.2) is 19.6 Å². The lowest BCUT2D eigenvalue weighted by atomic mass is 10.3. The molecule has 0 radical (unpaired) electrons. The molecule has 1 unspecified atom stereocenters. The molecule has 0 aliphatic carbocycles. The number of pyridine rings is 1. The number of nitrogens with two attached hydrogens (primary N) is 1. The van der Waals surface area contributed by atoms with E-state index in [1.54, 1.807) is 0 Å². The van der Waals surface area contributed by atoms with Gasteiger partial charge in [0.2, 0.25) is 0 Å². The molecule has 0 bridgehead atoms. The first-order chi connectivity index (χ1) is 7.95. The second-order valence-electron chi connectivity index (χ2n) is 3.99. The largest absolute Gasteiger partial charge is 0.366 e. The number of nitrogens with one attached hydrogen (secondary N) is 2. The first-order valence-electron chi connectivity index (χ1n) is 5.18. The van der Waals surface area contributed by atoms with Gasteiger partial charge in [-0.15, -0.1) is 0 Å². The second kappa shape index (κ2) is 5.74. The molecule has 4 N–H and O–H groups in total. The molecular formula is C10H17F2N5. The standard InChI is InChI=1S/C10H17F2N5/c1-6(17(2)3)5-14-9-7(11)4-8(12)10(15-9)16-13/h4,6H,5,13H2,1-3H3,(H2,14,15,16). The lowest BCUT2D eigenvalue weighted by molar-refractivity contribution is 0.325. The van der Waals surface area contributed by atoms with Crippen molar-refractivity contribution in [3.8, 4) is 0 Å². The van der Waals surface area contributed by atoms with Crippen molar-refractivity contribution in [1.29, 1.82) is 0 Å². The predicted octanol–water partition coefficient (Wildman–Crippen LogP) is 1.01. The third kappa shape index (κ3) is 3.50. The van der Waals surface area contributed by atoms with E-state index >= 15 is 0 Å². The van der Waals surface area contributed by atoms with E-state index in [1.807, 2.05) is 25.9 Å². The summed E-state index contributed by atoms with van der Waals surface area (Å²) in [6, 6.07) is 0.931. The minimum atomic E-state index is -0.823. The Morgan fingerprint density at radius 2 is 1.94 bits per heavy atom. The van der Waals surface area contributed by atoms with Gasteiger partial charge in [0.1, 0.15) is 0 Å². The zero-order valence-electron chi connectivity index (χ0n) is 10.1. The lowest BCUT2D eigenvalue weighted by Crippen LogP contribution is -2.32. The molecule has 0 saturated carbocycles. The summed E-state index contributed by atoms with van der Waals surface area (Å²) in [7, 11) is 3.82. The SMILES string of the molecule is CC(CNc1nc(NN)c(F)cc1F)N(C)C. The summed E-state index contributed by atoms with van der Waals surface area (Å²) in [4.78, 5) is 5.67. The summed E-state index contributed by atoms with van der Waals surface area (Å²) in [5.41, 5.74) is 2.07. The third-order valence-electron chi connectivity index (χ3n) is 2.51. The summed E-state index contributed by atoms with van der Waals surface area (Å²) in [6.07, 6.45) is 0. The molecule has 0 saturated heterocycles. The molecule has 0 aromatic carbocycles. The van der Waals surface area contributed by atoms with Crippen LogP contribution in [0.5, 0.6) is 0 Å². The molecule has 0 spiro atoms. The number of halogens is 2. The number of nitrogen functional groups attached to an aromatic ring is 1. The van der Waals surface area contributed by atoms with E-state index < -0.39 is 11.6 Å². The van der Waals surface area contributed by atoms with Crippen LogP contribution < -0.4 is 16.6 Å². The highest BCUT2D eigenvalue weighted by molar-refractivity contribution is 5.46. The molecule has 0 aliphatic heterocycles. The molecule has 96 valence electrons. The molecule has 5 nitrogen and oxygen atoms in total. The Morgan fingerprint density at radius 3 is 2.47 bits per heavy atom. The van der Waals surface area contributed by atoms with Gasteiger partial charge in [0.25, 0.3) is 0 Å². The van der Waals surface area contributed by atoms with Crippen LogP contribution in [0.3, 0.4) is 0 Å². The number of likely N-dealkylation sites (N-methyl/N-ethyl adjacent to an activating group) is 1. The second-order valence-corrected chi connectivity index (χ2v) is 3.99. The Kier molecular flexibility index (Phi) is 4.59. The van der Waals surface area contributed by atoms with Crippen molar-refractivity contribution in [2.45, 2.75) is 13.0 Å².